The van der Waals surface area contributed by atoms with E-state index in [0.29, 0.717) is 23.5 Å². The van der Waals surface area contributed by atoms with Gasteiger partial charge in [0.25, 0.3) is 0 Å². The molecule has 0 saturated heterocycles. The van der Waals surface area contributed by atoms with Crippen molar-refractivity contribution in [2.75, 3.05) is 12.4 Å². The first-order valence-corrected chi connectivity index (χ1v) is 8.54. The molecule has 0 radical (unpaired) electrons. The molecule has 0 aliphatic heterocycles. The molecular weight excluding hydrogens is 342 g/mol. The van der Waals surface area contributed by atoms with Crippen LogP contribution in [0.3, 0.4) is 0 Å². The molecule has 0 aromatic carbocycles. The molecule has 0 unspecified atom stereocenters. The Balaban J connectivity index is 1.51. The zero-order valence-electron chi connectivity index (χ0n) is 13.5. The second kappa shape index (κ2) is 7.31. The summed E-state index contributed by atoms with van der Waals surface area (Å²) >= 11 is 1.59. The van der Waals surface area contributed by atoms with Crippen LogP contribution in [0.4, 0.5) is 5.82 Å². The third-order valence-electron chi connectivity index (χ3n) is 3.61. The number of carbonyl (C=O) groups excluding carboxylic acids is 2. The molecule has 9 heteroatoms. The molecule has 0 atom stereocenters. The third kappa shape index (κ3) is 4.32. The van der Waals surface area contributed by atoms with Crippen molar-refractivity contribution in [1.82, 2.24) is 19.9 Å². The zero-order valence-corrected chi connectivity index (χ0v) is 14.4. The van der Waals surface area contributed by atoms with E-state index in [1.54, 1.807) is 35.4 Å². The minimum Gasteiger partial charge on any atom is -0.341 e. The Morgan fingerprint density at radius 1 is 1.24 bits per heavy atom. The van der Waals surface area contributed by atoms with E-state index in [-0.39, 0.29) is 30.3 Å². The molecule has 3 aromatic heterocycles. The van der Waals surface area contributed by atoms with Gasteiger partial charge in [-0.2, -0.15) is 0 Å². The molecule has 0 aliphatic rings. The van der Waals surface area contributed by atoms with Gasteiger partial charge in [-0.05, 0) is 23.6 Å². The quantitative estimate of drug-likeness (QED) is 0.622. The molecule has 3 aromatic rings. The van der Waals surface area contributed by atoms with Crippen molar-refractivity contribution < 1.29 is 9.59 Å². The number of carbonyl (C=O) groups is 2. The minimum absolute atomic E-state index is 0.0665. The van der Waals surface area contributed by atoms with Crippen LogP contribution < -0.4 is 11.0 Å². The lowest BCUT2D eigenvalue weighted by molar-refractivity contribution is -0.132. The Kier molecular flexibility index (Phi) is 4.94. The standard InChI is InChI=1S/C16H17N5O3S/c1-21(9-10-3-2-8-25-10)14(23)7-6-13(22)18-12-5-4-11-15(19-12)20-16(24)17-11/h2-5,8H,6-7,9H2,1H3,(H3,17,18,19,20,22,24). The summed E-state index contributed by atoms with van der Waals surface area (Å²) in [4.78, 5) is 47.2. The van der Waals surface area contributed by atoms with Crippen molar-refractivity contribution in [3.8, 4) is 0 Å². The van der Waals surface area contributed by atoms with Gasteiger partial charge in [0, 0.05) is 24.8 Å². The van der Waals surface area contributed by atoms with Gasteiger partial charge in [0.1, 0.15) is 5.82 Å². The summed E-state index contributed by atoms with van der Waals surface area (Å²) in [6.07, 6.45) is 0.188. The highest BCUT2D eigenvalue weighted by molar-refractivity contribution is 7.09. The molecular formula is C16H17N5O3S. The predicted molar refractivity (Wildman–Crippen MR) is 95.4 cm³/mol. The van der Waals surface area contributed by atoms with Crippen LogP contribution in [0.25, 0.3) is 11.2 Å². The van der Waals surface area contributed by atoms with E-state index in [1.165, 1.54) is 0 Å². The Bertz CT molecular complexity index is 944. The maximum absolute atomic E-state index is 12.1. The number of aromatic nitrogens is 3. The van der Waals surface area contributed by atoms with Crippen molar-refractivity contribution in [1.29, 1.82) is 0 Å². The lowest BCUT2D eigenvalue weighted by Crippen LogP contribution is -2.27. The van der Waals surface area contributed by atoms with Crippen molar-refractivity contribution >= 4 is 40.1 Å². The number of hydrogen-bond acceptors (Lipinski definition) is 5. The van der Waals surface area contributed by atoms with Crippen LogP contribution in [0.2, 0.25) is 0 Å². The highest BCUT2D eigenvalue weighted by atomic mass is 32.1. The Morgan fingerprint density at radius 3 is 2.84 bits per heavy atom. The first-order chi connectivity index (χ1) is 12.0. The predicted octanol–water partition coefficient (Wildman–Crippen LogP) is 1.69. The number of aromatic amines is 2. The van der Waals surface area contributed by atoms with Gasteiger partial charge in [-0.25, -0.2) is 9.78 Å². The second-order valence-electron chi connectivity index (χ2n) is 5.55. The molecule has 0 fully saturated rings. The molecule has 3 N–H and O–H groups in total. The summed E-state index contributed by atoms with van der Waals surface area (Å²) in [7, 11) is 1.72. The fourth-order valence-electron chi connectivity index (χ4n) is 2.33. The summed E-state index contributed by atoms with van der Waals surface area (Å²) in [5, 5.41) is 4.59. The summed E-state index contributed by atoms with van der Waals surface area (Å²) in [6.45, 7) is 0.539. The van der Waals surface area contributed by atoms with Gasteiger partial charge in [-0.15, -0.1) is 11.3 Å². The van der Waals surface area contributed by atoms with Crippen LogP contribution in [0.1, 0.15) is 17.7 Å². The maximum Gasteiger partial charge on any atom is 0.325 e. The van der Waals surface area contributed by atoms with Crippen molar-refractivity contribution in [2.24, 2.45) is 0 Å². The molecule has 3 rings (SSSR count). The monoisotopic (exact) mass is 359 g/mol. The number of rotatable bonds is 6. The van der Waals surface area contributed by atoms with Crippen LogP contribution >= 0.6 is 11.3 Å². The number of thiophene rings is 1. The average Bonchev–Trinajstić information content (AvgIpc) is 3.20. The van der Waals surface area contributed by atoms with Gasteiger partial charge in [0.05, 0.1) is 12.1 Å². The fourth-order valence-corrected chi connectivity index (χ4v) is 3.08. The van der Waals surface area contributed by atoms with Gasteiger partial charge in [-0.3, -0.25) is 14.6 Å². The molecule has 0 saturated carbocycles. The Morgan fingerprint density at radius 2 is 2.08 bits per heavy atom. The number of hydrogen-bond donors (Lipinski definition) is 3. The molecule has 25 heavy (non-hydrogen) atoms. The van der Waals surface area contributed by atoms with E-state index >= 15 is 0 Å². The molecule has 8 nitrogen and oxygen atoms in total. The maximum atomic E-state index is 12.1. The Labute approximate surface area is 146 Å². The van der Waals surface area contributed by atoms with Gasteiger partial charge in [0.15, 0.2) is 5.65 Å². The van der Waals surface area contributed by atoms with Crippen LogP contribution in [0.5, 0.6) is 0 Å². The number of nitrogens with zero attached hydrogens (tertiary/aromatic N) is 2. The highest BCUT2D eigenvalue weighted by Crippen LogP contribution is 2.13. The normalized spacial score (nSPS) is 10.8. The van der Waals surface area contributed by atoms with E-state index in [1.807, 2.05) is 17.5 Å². The number of anilines is 1. The summed E-state index contributed by atoms with van der Waals surface area (Å²) in [6, 6.07) is 7.15. The molecule has 0 aliphatic carbocycles. The molecule has 130 valence electrons. The van der Waals surface area contributed by atoms with E-state index in [9.17, 15) is 14.4 Å². The van der Waals surface area contributed by atoms with Gasteiger partial charge in [-0.1, -0.05) is 6.07 Å². The topological polar surface area (TPSA) is 111 Å². The van der Waals surface area contributed by atoms with E-state index in [2.05, 4.69) is 20.3 Å². The smallest absolute Gasteiger partial charge is 0.325 e. The van der Waals surface area contributed by atoms with Gasteiger partial charge in [0.2, 0.25) is 11.8 Å². The number of amides is 2. The fraction of sp³-hybridized carbons (Fsp3) is 0.250. The van der Waals surface area contributed by atoms with Crippen molar-refractivity contribution in [2.45, 2.75) is 19.4 Å². The van der Waals surface area contributed by atoms with Crippen LogP contribution in [-0.4, -0.2) is 38.7 Å². The lowest BCUT2D eigenvalue weighted by atomic mass is 10.2. The largest absolute Gasteiger partial charge is 0.341 e. The summed E-state index contributed by atoms with van der Waals surface area (Å²) in [5.74, 6) is -0.0725. The second-order valence-corrected chi connectivity index (χ2v) is 6.58. The number of pyridine rings is 1. The number of H-pyrrole nitrogens is 2. The minimum atomic E-state index is -0.356. The number of imidazole rings is 1. The first kappa shape index (κ1) is 16.9. The average molecular weight is 359 g/mol. The molecule has 3 heterocycles. The Hall–Kier alpha value is -2.94. The third-order valence-corrected chi connectivity index (χ3v) is 4.47. The SMILES string of the molecule is CN(Cc1cccs1)C(=O)CCC(=O)Nc1ccc2[nH]c(=O)[nH]c2n1. The summed E-state index contributed by atoms with van der Waals surface area (Å²) < 4.78 is 0. The highest BCUT2D eigenvalue weighted by Gasteiger charge is 2.13. The van der Waals surface area contributed by atoms with Crippen LogP contribution in [0.15, 0.2) is 34.4 Å². The van der Waals surface area contributed by atoms with Crippen molar-refractivity contribution in [3.05, 3.63) is 45.0 Å². The van der Waals surface area contributed by atoms with Gasteiger partial charge < -0.3 is 15.2 Å². The van der Waals surface area contributed by atoms with Gasteiger partial charge >= 0.3 is 5.69 Å². The lowest BCUT2D eigenvalue weighted by Gasteiger charge is -2.16. The van der Waals surface area contributed by atoms with Crippen molar-refractivity contribution in [3.63, 3.8) is 0 Å². The molecule has 0 bridgehead atoms. The molecule has 2 amide bonds. The zero-order chi connectivity index (χ0) is 17.8. The molecule has 0 spiro atoms. The van der Waals surface area contributed by atoms with E-state index in [4.69, 9.17) is 0 Å². The van der Waals surface area contributed by atoms with Crippen LogP contribution in [0, 0.1) is 0 Å². The van der Waals surface area contributed by atoms with Crippen LogP contribution in [-0.2, 0) is 16.1 Å². The first-order valence-electron chi connectivity index (χ1n) is 7.66. The van der Waals surface area contributed by atoms with E-state index in [0.717, 1.165) is 4.88 Å². The summed E-state index contributed by atoms with van der Waals surface area (Å²) in [5.41, 5.74) is 0.577. The number of nitrogens with one attached hydrogen (secondary N) is 3. The number of fused-ring (bicyclic) bond motifs is 1. The van der Waals surface area contributed by atoms with E-state index < -0.39 is 0 Å².